The standard InChI is InChI=1S/C60H105O11P/c1-4-7-10-13-16-19-22-25-27-28-30-33-36-39-42-45-48-51-60(64)71-57(53-67-58(62)49-46-43-40-37-34-31-24-21-18-15-12-9-6-3)55-69-72(65,66)68-54-56(52-61)70-59(63)50-47-44-41-38-35-32-29-26-23-20-17-14-11-8-5-2/h9,12,16,18-19,21,25,27,31,34,40,43,56-57,61H,4-8,10-11,13-15,17,20,22-24,26,28-30,32-33,35-39,41-42,44-55H2,1-3H3,(H,65,66)/b12-9-,19-16-,21-18-,27-25-,34-31-,43-40-. The topological polar surface area (TPSA) is 155 Å². The Hall–Kier alpha value is -3.08. The highest BCUT2D eigenvalue weighted by atomic mass is 31.2. The molecule has 0 saturated carbocycles. The number of phosphoric ester groups is 1. The van der Waals surface area contributed by atoms with Crippen LogP contribution in [-0.4, -0.2) is 66.5 Å². The van der Waals surface area contributed by atoms with Crippen LogP contribution in [0.1, 0.15) is 252 Å². The number of aliphatic hydroxyl groups is 1. The van der Waals surface area contributed by atoms with Gasteiger partial charge in [-0.15, -0.1) is 0 Å². The molecule has 0 rings (SSSR count). The lowest BCUT2D eigenvalue weighted by Crippen LogP contribution is -2.30. The lowest BCUT2D eigenvalue weighted by atomic mass is 10.0. The number of ether oxygens (including phenoxy) is 3. The van der Waals surface area contributed by atoms with Gasteiger partial charge in [0, 0.05) is 19.3 Å². The van der Waals surface area contributed by atoms with E-state index in [-0.39, 0.29) is 25.9 Å². The Balaban J connectivity index is 4.77. The minimum Gasteiger partial charge on any atom is -0.462 e. The lowest BCUT2D eigenvalue weighted by molar-refractivity contribution is -0.161. The monoisotopic (exact) mass is 1030 g/mol. The molecule has 0 heterocycles. The SMILES string of the molecule is CC/C=C\C/C=C\C/C=C\C/C=C\CCC(=O)OCC(COP(=O)(O)OCC(CO)OC(=O)CCCCCCCCCCCCCCCCC)OC(=O)CCCCCCCCC/C=C\C/C=C\CCCCC. The molecular weight excluding hydrogens is 928 g/mol. The summed E-state index contributed by atoms with van der Waals surface area (Å²) in [6.07, 6.45) is 60.2. The van der Waals surface area contributed by atoms with Gasteiger partial charge in [-0.3, -0.25) is 23.4 Å². The zero-order chi connectivity index (χ0) is 52.7. The van der Waals surface area contributed by atoms with E-state index in [1.807, 2.05) is 12.2 Å². The summed E-state index contributed by atoms with van der Waals surface area (Å²) in [5.41, 5.74) is 0. The smallest absolute Gasteiger partial charge is 0.462 e. The molecule has 3 atom stereocenters. The molecule has 0 aromatic rings. The van der Waals surface area contributed by atoms with Gasteiger partial charge in [0.25, 0.3) is 0 Å². The van der Waals surface area contributed by atoms with Crippen LogP contribution in [0.2, 0.25) is 0 Å². The molecule has 0 aliphatic heterocycles. The molecule has 3 unspecified atom stereocenters. The van der Waals surface area contributed by atoms with Crippen LogP contribution >= 0.6 is 7.82 Å². The fraction of sp³-hybridized carbons (Fsp3) is 0.750. The number of carbonyl (C=O) groups excluding carboxylic acids is 3. The summed E-state index contributed by atoms with van der Waals surface area (Å²) in [6, 6.07) is 0. The van der Waals surface area contributed by atoms with E-state index in [0.29, 0.717) is 19.3 Å². The zero-order valence-corrected chi connectivity index (χ0v) is 46.8. The number of hydrogen-bond acceptors (Lipinski definition) is 10. The van der Waals surface area contributed by atoms with Crippen LogP contribution in [0.4, 0.5) is 0 Å². The second-order valence-electron chi connectivity index (χ2n) is 19.1. The highest BCUT2D eigenvalue weighted by molar-refractivity contribution is 7.47. The fourth-order valence-corrected chi connectivity index (χ4v) is 8.54. The van der Waals surface area contributed by atoms with Crippen LogP contribution < -0.4 is 0 Å². The van der Waals surface area contributed by atoms with Crippen molar-refractivity contribution in [1.82, 2.24) is 0 Å². The largest absolute Gasteiger partial charge is 0.472 e. The van der Waals surface area contributed by atoms with Gasteiger partial charge in [0.15, 0.2) is 6.10 Å². The third kappa shape index (κ3) is 51.8. The molecule has 0 saturated heterocycles. The van der Waals surface area contributed by atoms with Crippen molar-refractivity contribution in [3.63, 3.8) is 0 Å². The zero-order valence-electron chi connectivity index (χ0n) is 45.9. The van der Waals surface area contributed by atoms with Crippen LogP contribution in [0.5, 0.6) is 0 Å². The highest BCUT2D eigenvalue weighted by Gasteiger charge is 2.28. The minimum absolute atomic E-state index is 0.103. The second-order valence-corrected chi connectivity index (χ2v) is 20.5. The van der Waals surface area contributed by atoms with Gasteiger partial charge in [-0.2, -0.15) is 0 Å². The number of rotatable bonds is 53. The van der Waals surface area contributed by atoms with Crippen LogP contribution in [-0.2, 0) is 42.2 Å². The van der Waals surface area contributed by atoms with Gasteiger partial charge in [-0.05, 0) is 77.0 Å². The van der Waals surface area contributed by atoms with E-state index in [2.05, 4.69) is 81.5 Å². The van der Waals surface area contributed by atoms with Crippen molar-refractivity contribution in [2.24, 2.45) is 0 Å². The average molecular weight is 1030 g/mol. The first-order chi connectivity index (χ1) is 35.2. The van der Waals surface area contributed by atoms with Crippen molar-refractivity contribution in [3.05, 3.63) is 72.9 Å². The summed E-state index contributed by atoms with van der Waals surface area (Å²) in [7, 11) is -4.76. The molecule has 2 N–H and O–H groups in total. The first-order valence-electron chi connectivity index (χ1n) is 28.8. The van der Waals surface area contributed by atoms with Crippen LogP contribution in [0.3, 0.4) is 0 Å². The maximum Gasteiger partial charge on any atom is 0.472 e. The molecular formula is C60H105O11P. The van der Waals surface area contributed by atoms with Gasteiger partial charge < -0.3 is 24.2 Å². The van der Waals surface area contributed by atoms with E-state index in [4.69, 9.17) is 23.3 Å². The molecule has 0 aromatic carbocycles. The number of hydrogen-bond donors (Lipinski definition) is 2. The normalized spacial score (nSPS) is 13.9. The number of allylic oxidation sites excluding steroid dienone is 12. The van der Waals surface area contributed by atoms with E-state index >= 15 is 0 Å². The Bertz CT molecular complexity index is 1490. The van der Waals surface area contributed by atoms with Crippen molar-refractivity contribution in [2.45, 2.75) is 264 Å². The summed E-state index contributed by atoms with van der Waals surface area (Å²) in [5.74, 6) is -1.57. The quantitative estimate of drug-likeness (QED) is 0.0197. The minimum atomic E-state index is -4.76. The van der Waals surface area contributed by atoms with E-state index in [1.54, 1.807) is 0 Å². The van der Waals surface area contributed by atoms with Gasteiger partial charge in [0.2, 0.25) is 0 Å². The molecule has 12 heteroatoms. The van der Waals surface area contributed by atoms with Gasteiger partial charge >= 0.3 is 25.7 Å². The Labute approximate surface area is 439 Å². The molecule has 0 aromatic heterocycles. The highest BCUT2D eigenvalue weighted by Crippen LogP contribution is 2.43. The van der Waals surface area contributed by atoms with Crippen molar-refractivity contribution >= 4 is 25.7 Å². The molecule has 416 valence electrons. The van der Waals surface area contributed by atoms with Crippen molar-refractivity contribution in [2.75, 3.05) is 26.4 Å². The molecule has 0 radical (unpaired) electrons. The molecule has 0 spiro atoms. The van der Waals surface area contributed by atoms with E-state index in [0.717, 1.165) is 83.5 Å². The predicted octanol–water partition coefficient (Wildman–Crippen LogP) is 16.9. The molecule has 0 amide bonds. The first kappa shape index (κ1) is 68.9. The van der Waals surface area contributed by atoms with Crippen LogP contribution in [0.15, 0.2) is 72.9 Å². The van der Waals surface area contributed by atoms with Crippen LogP contribution in [0.25, 0.3) is 0 Å². The average Bonchev–Trinajstić information content (AvgIpc) is 3.37. The van der Waals surface area contributed by atoms with Crippen molar-refractivity contribution in [3.8, 4) is 0 Å². The molecule has 0 aliphatic rings. The number of unbranched alkanes of at least 4 members (excludes halogenated alkanes) is 24. The molecule has 72 heavy (non-hydrogen) atoms. The summed E-state index contributed by atoms with van der Waals surface area (Å²) < 4.78 is 39.4. The van der Waals surface area contributed by atoms with E-state index < -0.39 is 57.8 Å². The molecule has 0 fully saturated rings. The summed E-state index contributed by atoms with van der Waals surface area (Å²) in [5, 5.41) is 9.81. The summed E-state index contributed by atoms with van der Waals surface area (Å²) in [6.45, 7) is 4.43. The Morgan fingerprint density at radius 3 is 1.19 bits per heavy atom. The number of aliphatic hydroxyl groups excluding tert-OH is 1. The molecule has 0 aliphatic carbocycles. The number of carbonyl (C=O) groups is 3. The van der Waals surface area contributed by atoms with Gasteiger partial charge in [0.1, 0.15) is 12.7 Å². The van der Waals surface area contributed by atoms with Gasteiger partial charge in [-0.25, -0.2) is 4.57 Å². The predicted molar refractivity (Wildman–Crippen MR) is 298 cm³/mol. The number of phosphoric acid groups is 1. The van der Waals surface area contributed by atoms with Gasteiger partial charge in [-0.1, -0.05) is 229 Å². The van der Waals surface area contributed by atoms with E-state index in [9.17, 15) is 28.9 Å². The van der Waals surface area contributed by atoms with E-state index in [1.165, 1.54) is 109 Å². The maximum absolute atomic E-state index is 12.9. The second kappa shape index (κ2) is 54.2. The van der Waals surface area contributed by atoms with Crippen LogP contribution in [0, 0.1) is 0 Å². The van der Waals surface area contributed by atoms with Crippen molar-refractivity contribution in [1.29, 1.82) is 0 Å². The molecule has 0 bridgehead atoms. The first-order valence-corrected chi connectivity index (χ1v) is 30.3. The van der Waals surface area contributed by atoms with Gasteiger partial charge in [0.05, 0.1) is 19.8 Å². The third-order valence-corrected chi connectivity index (χ3v) is 13.1. The fourth-order valence-electron chi connectivity index (χ4n) is 7.75. The van der Waals surface area contributed by atoms with Crippen molar-refractivity contribution < 1.29 is 52.2 Å². The number of esters is 3. The third-order valence-electron chi connectivity index (χ3n) is 12.1. The maximum atomic E-state index is 12.9. The molecule has 11 nitrogen and oxygen atoms in total. The summed E-state index contributed by atoms with van der Waals surface area (Å²) in [4.78, 5) is 48.5. The Morgan fingerprint density at radius 2 is 0.750 bits per heavy atom. The Morgan fingerprint density at radius 1 is 0.403 bits per heavy atom. The Kier molecular flexibility index (Phi) is 51.9. The lowest BCUT2D eigenvalue weighted by Gasteiger charge is -2.21. The summed E-state index contributed by atoms with van der Waals surface area (Å²) >= 11 is 0.